The van der Waals surface area contributed by atoms with E-state index in [0.29, 0.717) is 11.8 Å². The van der Waals surface area contributed by atoms with Gasteiger partial charge in [0, 0.05) is 37.3 Å². The first kappa shape index (κ1) is 23.0. The Morgan fingerprint density at radius 3 is 2.78 bits per heavy atom. The van der Waals surface area contributed by atoms with Crippen LogP contribution >= 0.6 is 0 Å². The van der Waals surface area contributed by atoms with E-state index in [4.69, 9.17) is 9.41 Å². The van der Waals surface area contributed by atoms with Crippen LogP contribution in [0.4, 0.5) is 5.69 Å². The second-order valence-electron chi connectivity index (χ2n) is 7.87. The van der Waals surface area contributed by atoms with Gasteiger partial charge in [-0.2, -0.15) is 0 Å². The van der Waals surface area contributed by atoms with Crippen LogP contribution in [0.2, 0.25) is 0 Å². The van der Waals surface area contributed by atoms with Crippen LogP contribution in [0, 0.1) is 0 Å². The van der Waals surface area contributed by atoms with E-state index >= 15 is 0 Å². The molecule has 0 aliphatic carbocycles. The first-order chi connectivity index (χ1) is 15.5. The summed E-state index contributed by atoms with van der Waals surface area (Å²) in [7, 11) is 2.06. The zero-order valence-corrected chi connectivity index (χ0v) is 19.6. The summed E-state index contributed by atoms with van der Waals surface area (Å²) in [5.41, 5.74) is 11.9. The fourth-order valence-corrected chi connectivity index (χ4v) is 3.41. The molecule has 2 heterocycles. The molecule has 0 bridgehead atoms. The van der Waals surface area contributed by atoms with E-state index < -0.39 is 0 Å². The van der Waals surface area contributed by atoms with Gasteiger partial charge < -0.3 is 14.6 Å². The van der Waals surface area contributed by atoms with Crippen molar-refractivity contribution in [2.45, 2.75) is 40.0 Å². The van der Waals surface area contributed by atoms with E-state index in [-0.39, 0.29) is 1.43 Å². The molecular weight excluding hydrogens is 394 g/mol. The van der Waals surface area contributed by atoms with Gasteiger partial charge in [-0.3, -0.25) is 0 Å². The third-order valence-electron chi connectivity index (χ3n) is 5.15. The fourth-order valence-electron chi connectivity index (χ4n) is 3.41. The minimum absolute atomic E-state index is 0. The molecule has 0 fully saturated rings. The van der Waals surface area contributed by atoms with Crippen LogP contribution in [0.25, 0.3) is 17.5 Å². The predicted molar refractivity (Wildman–Crippen MR) is 138 cm³/mol. The molecule has 1 aromatic heterocycles. The van der Waals surface area contributed by atoms with Gasteiger partial charge in [0.1, 0.15) is 17.9 Å². The van der Waals surface area contributed by atoms with Crippen LogP contribution in [0.1, 0.15) is 63.9 Å². The zero-order chi connectivity index (χ0) is 23.1. The highest BCUT2D eigenvalue weighted by atomic mass is 16.3. The zero-order valence-electron chi connectivity index (χ0n) is 19.6. The molecule has 0 saturated heterocycles. The van der Waals surface area contributed by atoms with Gasteiger partial charge in [-0.1, -0.05) is 51.6 Å². The Kier molecular flexibility index (Phi) is 7.57. The number of fused-ring (bicyclic) bond motifs is 1. The molecule has 166 valence electrons. The minimum atomic E-state index is 0. The van der Waals surface area contributed by atoms with Crippen molar-refractivity contribution in [3.63, 3.8) is 0 Å². The summed E-state index contributed by atoms with van der Waals surface area (Å²) >= 11 is 0. The van der Waals surface area contributed by atoms with Gasteiger partial charge >= 0.3 is 0 Å². The number of hydrogen-bond donors (Lipinski definition) is 1. The Hall–Kier alpha value is -3.71. The Morgan fingerprint density at radius 1 is 1.31 bits per heavy atom. The van der Waals surface area contributed by atoms with Gasteiger partial charge in [0.25, 0.3) is 0 Å². The van der Waals surface area contributed by atoms with Crippen molar-refractivity contribution in [3.8, 4) is 0 Å². The van der Waals surface area contributed by atoms with Gasteiger partial charge in [0.05, 0.1) is 11.4 Å². The third-order valence-corrected chi connectivity index (χ3v) is 5.15. The average Bonchev–Trinajstić information content (AvgIpc) is 3.19. The number of aliphatic imine (C=N–C) groups is 1. The highest BCUT2D eigenvalue weighted by Gasteiger charge is 2.13. The van der Waals surface area contributed by atoms with E-state index in [0.717, 1.165) is 46.0 Å². The number of rotatable bonds is 7. The van der Waals surface area contributed by atoms with Crippen molar-refractivity contribution in [2.75, 3.05) is 7.05 Å². The second kappa shape index (κ2) is 10.5. The Bertz CT molecular complexity index is 1180. The first-order valence-corrected chi connectivity index (χ1v) is 10.9. The van der Waals surface area contributed by atoms with Crippen LogP contribution in [-0.2, 0) is 0 Å². The first-order valence-electron chi connectivity index (χ1n) is 10.9. The highest BCUT2D eigenvalue weighted by Crippen LogP contribution is 2.29. The van der Waals surface area contributed by atoms with Crippen molar-refractivity contribution in [2.24, 2.45) is 4.99 Å². The maximum atomic E-state index is 5.67. The van der Waals surface area contributed by atoms with E-state index in [1.165, 1.54) is 0 Å². The molecule has 32 heavy (non-hydrogen) atoms. The summed E-state index contributed by atoms with van der Waals surface area (Å²) in [6, 6.07) is 8.30. The topological polar surface area (TPSA) is 40.8 Å². The Morgan fingerprint density at radius 2 is 2.12 bits per heavy atom. The number of nitrogens with one attached hydrogen (secondary N) is 1. The number of furan rings is 1. The van der Waals surface area contributed by atoms with Crippen molar-refractivity contribution in [1.82, 2.24) is 10.2 Å². The molecule has 3 rings (SSSR count). The van der Waals surface area contributed by atoms with Crippen LogP contribution in [0.3, 0.4) is 0 Å². The smallest absolute Gasteiger partial charge is 0.139 e. The lowest BCUT2D eigenvalue weighted by Crippen LogP contribution is -2.18. The summed E-state index contributed by atoms with van der Waals surface area (Å²) in [5.74, 6) is 1.89. The number of hydrogen-bond acceptors (Lipinski definition) is 4. The van der Waals surface area contributed by atoms with Crippen molar-refractivity contribution in [3.05, 3.63) is 95.4 Å². The normalized spacial score (nSPS) is 13.1. The second-order valence-corrected chi connectivity index (χ2v) is 7.87. The van der Waals surface area contributed by atoms with Crippen molar-refractivity contribution >= 4 is 29.0 Å². The van der Waals surface area contributed by atoms with Gasteiger partial charge in [-0.25, -0.2) is 4.99 Å². The fraction of sp³-hybridized carbons (Fsp3) is 0.250. The molecule has 4 nitrogen and oxygen atoms in total. The molecule has 0 saturated carbocycles. The van der Waals surface area contributed by atoms with E-state index in [1.807, 2.05) is 25.1 Å². The lowest BCUT2D eigenvalue weighted by Gasteiger charge is -2.19. The SMILES string of the molecule is C=C=C(NC1=Nc2cc(/C(=C/C)N(C)/C=C\CC)ccc2C=C=C1)c1coc(C(C)C)c1.[HH]. The molecule has 1 aliphatic rings. The molecule has 0 amide bonds. The monoisotopic (exact) mass is 427 g/mol. The van der Waals surface area contributed by atoms with Gasteiger partial charge in [-0.05, 0) is 43.3 Å². The molecule has 4 heteroatoms. The van der Waals surface area contributed by atoms with Crippen LogP contribution in [0.5, 0.6) is 0 Å². The predicted octanol–water partition coefficient (Wildman–Crippen LogP) is 7.49. The van der Waals surface area contributed by atoms with Crippen LogP contribution < -0.4 is 5.32 Å². The Balaban J connectivity index is 0.00000385. The quantitative estimate of drug-likeness (QED) is 0.465. The molecule has 1 N–H and O–H groups in total. The van der Waals surface area contributed by atoms with E-state index in [2.05, 4.69) is 92.6 Å². The summed E-state index contributed by atoms with van der Waals surface area (Å²) in [5, 5.41) is 3.33. The van der Waals surface area contributed by atoms with E-state index in [9.17, 15) is 0 Å². The number of allylic oxidation sites excluding steroid dienone is 2. The van der Waals surface area contributed by atoms with Gasteiger partial charge in [-0.15, -0.1) is 11.5 Å². The van der Waals surface area contributed by atoms with Crippen LogP contribution in [-0.4, -0.2) is 17.8 Å². The van der Waals surface area contributed by atoms with Crippen molar-refractivity contribution < 1.29 is 5.84 Å². The number of benzene rings is 1. The molecule has 0 atom stereocenters. The number of amidine groups is 1. The lowest BCUT2D eigenvalue weighted by molar-refractivity contribution is 0.486. The van der Waals surface area contributed by atoms with Crippen LogP contribution in [0.15, 0.2) is 82.4 Å². The molecule has 1 aromatic carbocycles. The maximum Gasteiger partial charge on any atom is 0.139 e. The average molecular weight is 428 g/mol. The van der Waals surface area contributed by atoms with E-state index in [1.54, 1.807) is 6.26 Å². The summed E-state index contributed by atoms with van der Waals surface area (Å²) < 4.78 is 5.67. The highest BCUT2D eigenvalue weighted by molar-refractivity contribution is 6.01. The summed E-state index contributed by atoms with van der Waals surface area (Å²) in [4.78, 5) is 6.99. The van der Waals surface area contributed by atoms with Crippen molar-refractivity contribution in [1.29, 1.82) is 0 Å². The third kappa shape index (κ3) is 5.31. The molecular formula is C28H33N3O. The molecule has 2 aromatic rings. The largest absolute Gasteiger partial charge is 0.468 e. The molecule has 0 spiro atoms. The number of nitrogens with zero attached hydrogens (tertiary/aromatic N) is 2. The standard InChI is InChI=1S/C28H31N3O.H2/c1-7-10-16-31(6)26(9-3)22-15-14-21-12-11-13-28(30-25(21)17-22)29-24(8-2)23-18-27(20(4)5)32-19-23;/h9-10,12-20H,2,7H2,1,3-6H3,(H,29,30);1H/b16-10-,26-9-;. The summed E-state index contributed by atoms with van der Waals surface area (Å²) in [6.45, 7) is 12.2. The van der Waals surface area contributed by atoms with Gasteiger partial charge in [0.2, 0.25) is 0 Å². The molecule has 0 radical (unpaired) electrons. The minimum Gasteiger partial charge on any atom is -0.468 e. The maximum absolute atomic E-state index is 5.67. The molecule has 0 unspecified atom stereocenters. The summed E-state index contributed by atoms with van der Waals surface area (Å²) in [6.07, 6.45) is 12.8. The lowest BCUT2D eigenvalue weighted by atomic mass is 10.1. The van der Waals surface area contributed by atoms with Gasteiger partial charge in [0.15, 0.2) is 0 Å². The molecule has 1 aliphatic heterocycles. The Labute approximate surface area is 192 Å².